The molecule has 4 nitrogen and oxygen atoms in total. The van der Waals surface area contributed by atoms with Gasteiger partial charge in [0.15, 0.2) is 0 Å². The Kier molecular flexibility index (Phi) is 4.34. The third-order valence-electron chi connectivity index (χ3n) is 3.02. The maximum atomic E-state index is 11.6. The van der Waals surface area contributed by atoms with Crippen molar-refractivity contribution >= 4 is 18.0 Å². The fourth-order valence-electron chi connectivity index (χ4n) is 2.01. The van der Waals surface area contributed by atoms with E-state index in [1.165, 1.54) is 0 Å². The van der Waals surface area contributed by atoms with Crippen molar-refractivity contribution in [3.05, 3.63) is 36.4 Å². The fourth-order valence-corrected chi connectivity index (χ4v) is 2.01. The van der Waals surface area contributed by atoms with Gasteiger partial charge in [0.2, 0.25) is 0 Å². The first kappa shape index (κ1) is 13.3. The predicted octanol–water partition coefficient (Wildman–Crippen LogP) is 3.36. The maximum Gasteiger partial charge on any atom is 0.514 e. The number of ketones is 1. The van der Waals surface area contributed by atoms with Crippen molar-refractivity contribution in [3.8, 4) is 5.75 Å². The Hall–Kier alpha value is -2.10. The molecule has 0 bridgehead atoms. The second-order valence-corrected chi connectivity index (χ2v) is 4.50. The van der Waals surface area contributed by atoms with E-state index in [0.29, 0.717) is 18.6 Å². The molecule has 1 aliphatic carbocycles. The van der Waals surface area contributed by atoms with Crippen LogP contribution in [0.2, 0.25) is 0 Å². The molecule has 0 heterocycles. The normalized spacial score (nSPS) is 18.7. The van der Waals surface area contributed by atoms with Gasteiger partial charge in [-0.3, -0.25) is 4.79 Å². The Morgan fingerprint density at radius 1 is 1.32 bits per heavy atom. The highest BCUT2D eigenvalue weighted by molar-refractivity contribution is 5.80. The van der Waals surface area contributed by atoms with Gasteiger partial charge in [-0.05, 0) is 30.5 Å². The molecule has 2 rings (SSSR count). The first-order valence-corrected chi connectivity index (χ1v) is 6.30. The van der Waals surface area contributed by atoms with Crippen LogP contribution in [-0.2, 0) is 9.53 Å². The monoisotopic (exact) mass is 260 g/mol. The highest BCUT2D eigenvalue weighted by Crippen LogP contribution is 2.19. The number of carbonyl (C=O) groups excluding carboxylic acids is 2. The minimum absolute atomic E-state index is 0.138. The number of ether oxygens (including phenoxy) is 2. The van der Waals surface area contributed by atoms with Gasteiger partial charge in [-0.25, -0.2) is 4.79 Å². The molecule has 0 amide bonds. The molecule has 1 atom stereocenters. The van der Waals surface area contributed by atoms with Gasteiger partial charge >= 0.3 is 6.16 Å². The van der Waals surface area contributed by atoms with Crippen molar-refractivity contribution in [2.45, 2.75) is 31.8 Å². The van der Waals surface area contributed by atoms with Gasteiger partial charge in [0.1, 0.15) is 17.6 Å². The first-order chi connectivity index (χ1) is 9.17. The summed E-state index contributed by atoms with van der Waals surface area (Å²) in [6.45, 7) is 3.64. The van der Waals surface area contributed by atoms with Crippen LogP contribution in [0.1, 0.15) is 31.2 Å². The van der Waals surface area contributed by atoms with E-state index in [9.17, 15) is 9.59 Å². The summed E-state index contributed by atoms with van der Waals surface area (Å²) < 4.78 is 10.2. The topological polar surface area (TPSA) is 52.6 Å². The van der Waals surface area contributed by atoms with E-state index < -0.39 is 6.16 Å². The summed E-state index contributed by atoms with van der Waals surface area (Å²) in [7, 11) is 0. The quantitative estimate of drug-likeness (QED) is 0.617. The number of benzene rings is 1. The average molecular weight is 260 g/mol. The number of carbonyl (C=O) groups is 2. The van der Waals surface area contributed by atoms with Gasteiger partial charge in [0.25, 0.3) is 0 Å². The Morgan fingerprint density at radius 3 is 2.68 bits per heavy atom. The zero-order chi connectivity index (χ0) is 13.7. The van der Waals surface area contributed by atoms with Gasteiger partial charge in [-0.15, -0.1) is 0 Å². The van der Waals surface area contributed by atoms with Crippen molar-refractivity contribution in [2.75, 3.05) is 0 Å². The molecule has 0 spiro atoms. The summed E-state index contributed by atoms with van der Waals surface area (Å²) >= 11 is 0. The molecular weight excluding hydrogens is 244 g/mol. The molecule has 1 unspecified atom stereocenters. The highest BCUT2D eigenvalue weighted by atomic mass is 16.7. The fraction of sp³-hybridized carbons (Fsp3) is 0.333. The number of Topliss-reactive ketones (excluding diaryl/α,β-unsaturated/α-hetero) is 1. The zero-order valence-electron chi connectivity index (χ0n) is 10.6. The summed E-state index contributed by atoms with van der Waals surface area (Å²) in [5.74, 6) is 0.553. The molecule has 4 heteroatoms. The maximum absolute atomic E-state index is 11.6. The van der Waals surface area contributed by atoms with E-state index in [0.717, 1.165) is 18.4 Å². The lowest BCUT2D eigenvalue weighted by Gasteiger charge is -2.20. The summed E-state index contributed by atoms with van der Waals surface area (Å²) in [5.41, 5.74) is 0.943. The molecular formula is C15H16O4. The first-order valence-electron chi connectivity index (χ1n) is 6.30. The molecule has 1 fully saturated rings. The van der Waals surface area contributed by atoms with E-state index >= 15 is 0 Å². The Labute approximate surface area is 112 Å². The largest absolute Gasteiger partial charge is 0.514 e. The molecule has 1 saturated carbocycles. The SMILES string of the molecule is C=Cc1ccc(OC(=O)OC2CCCC(=O)C2)cc1. The summed E-state index contributed by atoms with van der Waals surface area (Å²) in [6, 6.07) is 6.92. The van der Waals surface area contributed by atoms with Gasteiger partial charge < -0.3 is 9.47 Å². The third kappa shape index (κ3) is 3.95. The molecule has 19 heavy (non-hydrogen) atoms. The second kappa shape index (κ2) is 6.18. The number of hydrogen-bond acceptors (Lipinski definition) is 4. The molecule has 0 saturated heterocycles. The lowest BCUT2D eigenvalue weighted by atomic mass is 9.97. The molecule has 1 aromatic carbocycles. The third-order valence-corrected chi connectivity index (χ3v) is 3.02. The van der Waals surface area contributed by atoms with Crippen LogP contribution in [0, 0.1) is 0 Å². The van der Waals surface area contributed by atoms with Crippen molar-refractivity contribution in [1.82, 2.24) is 0 Å². The highest BCUT2D eigenvalue weighted by Gasteiger charge is 2.23. The Bertz CT molecular complexity index is 475. The predicted molar refractivity (Wildman–Crippen MR) is 70.9 cm³/mol. The van der Waals surface area contributed by atoms with E-state index in [1.807, 2.05) is 0 Å². The molecule has 100 valence electrons. The Balaban J connectivity index is 1.86. The van der Waals surface area contributed by atoms with E-state index in [1.54, 1.807) is 30.3 Å². The molecule has 0 aromatic heterocycles. The lowest BCUT2D eigenvalue weighted by Crippen LogP contribution is -2.26. The van der Waals surface area contributed by atoms with Crippen LogP contribution in [-0.4, -0.2) is 18.0 Å². The van der Waals surface area contributed by atoms with Gasteiger partial charge in [0, 0.05) is 12.8 Å². The second-order valence-electron chi connectivity index (χ2n) is 4.50. The van der Waals surface area contributed by atoms with E-state index in [2.05, 4.69) is 6.58 Å². The number of hydrogen-bond donors (Lipinski definition) is 0. The van der Waals surface area contributed by atoms with Crippen LogP contribution in [0.25, 0.3) is 6.08 Å². The average Bonchev–Trinajstić information content (AvgIpc) is 2.39. The van der Waals surface area contributed by atoms with Gasteiger partial charge in [0.05, 0.1) is 0 Å². The minimum Gasteiger partial charge on any atom is -0.430 e. The summed E-state index contributed by atoms with van der Waals surface area (Å²) in [5, 5.41) is 0. The van der Waals surface area contributed by atoms with Crippen molar-refractivity contribution in [2.24, 2.45) is 0 Å². The smallest absolute Gasteiger partial charge is 0.430 e. The van der Waals surface area contributed by atoms with Crippen molar-refractivity contribution in [1.29, 1.82) is 0 Å². The molecule has 1 aliphatic rings. The van der Waals surface area contributed by atoms with Crippen LogP contribution in [0.15, 0.2) is 30.8 Å². The van der Waals surface area contributed by atoms with Gasteiger partial charge in [-0.2, -0.15) is 0 Å². The standard InChI is InChI=1S/C15H16O4/c1-2-11-6-8-13(9-7-11)18-15(17)19-14-5-3-4-12(16)10-14/h2,6-9,14H,1,3-5,10H2. The van der Waals surface area contributed by atoms with E-state index in [4.69, 9.17) is 9.47 Å². The van der Waals surface area contributed by atoms with Crippen LogP contribution in [0.4, 0.5) is 4.79 Å². The summed E-state index contributed by atoms with van der Waals surface area (Å²) in [6.07, 6.45) is 2.96. The van der Waals surface area contributed by atoms with Crippen molar-refractivity contribution in [3.63, 3.8) is 0 Å². The lowest BCUT2D eigenvalue weighted by molar-refractivity contribution is -0.123. The van der Waals surface area contributed by atoms with Crippen LogP contribution in [0.5, 0.6) is 5.75 Å². The molecule has 0 aliphatic heterocycles. The van der Waals surface area contributed by atoms with Crippen LogP contribution < -0.4 is 4.74 Å². The van der Waals surface area contributed by atoms with E-state index in [-0.39, 0.29) is 11.9 Å². The van der Waals surface area contributed by atoms with Crippen molar-refractivity contribution < 1.29 is 19.1 Å². The molecule has 0 radical (unpaired) electrons. The van der Waals surface area contributed by atoms with Crippen LogP contribution >= 0.6 is 0 Å². The number of rotatable bonds is 3. The molecule has 1 aromatic rings. The zero-order valence-corrected chi connectivity index (χ0v) is 10.6. The Morgan fingerprint density at radius 2 is 2.05 bits per heavy atom. The molecule has 0 N–H and O–H groups in total. The van der Waals surface area contributed by atoms with Crippen LogP contribution in [0.3, 0.4) is 0 Å². The minimum atomic E-state index is -0.758. The van der Waals surface area contributed by atoms with Gasteiger partial charge in [-0.1, -0.05) is 24.8 Å². The summed E-state index contributed by atoms with van der Waals surface area (Å²) in [4.78, 5) is 22.8.